The van der Waals surface area contributed by atoms with E-state index in [1.165, 1.54) is 25.6 Å². The summed E-state index contributed by atoms with van der Waals surface area (Å²) in [4.78, 5) is 15.9. The Bertz CT molecular complexity index is 3150. The molecule has 5 nitrogen and oxygen atoms in total. The number of thiophene rings is 1. The van der Waals surface area contributed by atoms with Gasteiger partial charge in [0.1, 0.15) is 11.2 Å². The summed E-state index contributed by atoms with van der Waals surface area (Å²) in [5.74, 6) is 1.83. The first-order valence-corrected chi connectivity index (χ1v) is 17.8. The van der Waals surface area contributed by atoms with Gasteiger partial charge in [-0.05, 0) is 60.7 Å². The van der Waals surface area contributed by atoms with Gasteiger partial charge >= 0.3 is 0 Å². The van der Waals surface area contributed by atoms with Crippen molar-refractivity contribution >= 4 is 75.3 Å². The predicted octanol–water partition coefficient (Wildman–Crippen LogP) is 12.2. The molecule has 6 heteroatoms. The monoisotopic (exact) mass is 670 g/mol. The third-order valence-electron chi connectivity index (χ3n) is 9.86. The van der Waals surface area contributed by atoms with Crippen molar-refractivity contribution in [2.45, 2.75) is 0 Å². The van der Waals surface area contributed by atoms with Crippen LogP contribution in [-0.4, -0.2) is 19.5 Å². The second kappa shape index (κ2) is 10.9. The summed E-state index contributed by atoms with van der Waals surface area (Å²) in [7, 11) is 0. The SMILES string of the molecule is c1ccc(-n2c3ccccc3c3cccc(-c4nc(-c5ccc6sc7ccccc7c6c5)nc(-c5cccc6oc7ccccc7c56)n4)c32)cc1. The first kappa shape index (κ1) is 28.2. The van der Waals surface area contributed by atoms with Gasteiger partial charge in [0.15, 0.2) is 17.5 Å². The number of aromatic nitrogens is 4. The molecule has 0 saturated carbocycles. The summed E-state index contributed by atoms with van der Waals surface area (Å²) in [6.45, 7) is 0. The van der Waals surface area contributed by atoms with Gasteiger partial charge in [-0.25, -0.2) is 15.0 Å². The molecule has 0 fully saturated rings. The van der Waals surface area contributed by atoms with Gasteiger partial charge in [0.25, 0.3) is 0 Å². The number of furan rings is 1. The quantitative estimate of drug-likeness (QED) is 0.187. The van der Waals surface area contributed by atoms with Gasteiger partial charge in [-0.1, -0.05) is 97.1 Å². The Labute approximate surface area is 295 Å². The second-order valence-corrected chi connectivity index (χ2v) is 13.9. The fraction of sp³-hybridized carbons (Fsp3) is 0. The lowest BCUT2D eigenvalue weighted by Gasteiger charge is -2.13. The molecular formula is C45H26N4OS. The minimum Gasteiger partial charge on any atom is -0.456 e. The van der Waals surface area contributed by atoms with Gasteiger partial charge in [-0.15, -0.1) is 11.3 Å². The maximum absolute atomic E-state index is 6.31. The van der Waals surface area contributed by atoms with Crippen molar-refractivity contribution in [3.63, 3.8) is 0 Å². The summed E-state index contributed by atoms with van der Waals surface area (Å²) < 4.78 is 11.1. The minimum atomic E-state index is 0.599. The Morgan fingerprint density at radius 1 is 0.451 bits per heavy atom. The number of para-hydroxylation sites is 4. The van der Waals surface area contributed by atoms with Gasteiger partial charge in [0, 0.05) is 64.1 Å². The van der Waals surface area contributed by atoms with E-state index in [-0.39, 0.29) is 0 Å². The van der Waals surface area contributed by atoms with Gasteiger partial charge in [-0.3, -0.25) is 0 Å². The lowest BCUT2D eigenvalue weighted by molar-refractivity contribution is 0.669. The molecule has 238 valence electrons. The first-order chi connectivity index (χ1) is 25.3. The van der Waals surface area contributed by atoms with Crippen LogP contribution in [0.4, 0.5) is 0 Å². The van der Waals surface area contributed by atoms with Crippen molar-refractivity contribution < 1.29 is 4.42 Å². The maximum Gasteiger partial charge on any atom is 0.166 e. The zero-order chi connectivity index (χ0) is 33.5. The molecule has 0 atom stereocenters. The molecule has 51 heavy (non-hydrogen) atoms. The summed E-state index contributed by atoms with van der Waals surface area (Å²) in [6.07, 6.45) is 0. The highest BCUT2D eigenvalue weighted by Crippen LogP contribution is 2.41. The van der Waals surface area contributed by atoms with Crippen LogP contribution in [0.3, 0.4) is 0 Å². The molecule has 0 unspecified atom stereocenters. The van der Waals surface area contributed by atoms with Crippen molar-refractivity contribution in [3.05, 3.63) is 158 Å². The Kier molecular flexibility index (Phi) is 6.05. The fourth-order valence-electron chi connectivity index (χ4n) is 7.62. The van der Waals surface area contributed by atoms with Crippen LogP contribution in [0.2, 0.25) is 0 Å². The molecule has 7 aromatic carbocycles. The summed E-state index contributed by atoms with van der Waals surface area (Å²) in [6, 6.07) is 54.9. The molecule has 0 aliphatic carbocycles. The third kappa shape index (κ3) is 4.30. The van der Waals surface area contributed by atoms with Crippen molar-refractivity contribution in [2.75, 3.05) is 0 Å². The molecular weight excluding hydrogens is 645 g/mol. The molecule has 0 aliphatic rings. The van der Waals surface area contributed by atoms with E-state index in [1.54, 1.807) is 11.3 Å². The maximum atomic E-state index is 6.31. The smallest absolute Gasteiger partial charge is 0.166 e. The van der Waals surface area contributed by atoms with E-state index in [0.29, 0.717) is 17.5 Å². The normalized spacial score (nSPS) is 11.9. The number of benzene rings is 7. The molecule has 0 radical (unpaired) electrons. The van der Waals surface area contributed by atoms with E-state index in [1.807, 2.05) is 30.3 Å². The van der Waals surface area contributed by atoms with Crippen molar-refractivity contribution in [1.29, 1.82) is 0 Å². The van der Waals surface area contributed by atoms with Gasteiger partial charge < -0.3 is 8.98 Å². The summed E-state index contributed by atoms with van der Waals surface area (Å²) >= 11 is 1.81. The molecule has 0 spiro atoms. The van der Waals surface area contributed by atoms with Gasteiger partial charge in [-0.2, -0.15) is 0 Å². The predicted molar refractivity (Wildman–Crippen MR) is 211 cm³/mol. The molecule has 0 bridgehead atoms. The number of hydrogen-bond acceptors (Lipinski definition) is 5. The van der Waals surface area contributed by atoms with Crippen LogP contribution in [0.1, 0.15) is 0 Å². The van der Waals surface area contributed by atoms with Crippen LogP contribution in [0.25, 0.3) is 104 Å². The highest BCUT2D eigenvalue weighted by molar-refractivity contribution is 7.25. The zero-order valence-electron chi connectivity index (χ0n) is 27.1. The first-order valence-electron chi connectivity index (χ1n) is 16.9. The standard InChI is InChI=1S/C45H26N4OS/c1-2-12-28(13-3-1)49-36-20-7-4-14-29(36)31-17-10-19-34(42(31)49)45-47-43(27-24-25-40-35(26-27)30-15-6-9-23-39(30)51-40)46-44(48-45)33-18-11-22-38-41(33)32-16-5-8-21-37(32)50-38/h1-26H. The molecule has 4 aromatic heterocycles. The zero-order valence-corrected chi connectivity index (χ0v) is 27.9. The van der Waals surface area contributed by atoms with Crippen LogP contribution < -0.4 is 0 Å². The average molecular weight is 671 g/mol. The van der Waals surface area contributed by atoms with Crippen molar-refractivity contribution in [1.82, 2.24) is 19.5 Å². The van der Waals surface area contributed by atoms with Gasteiger partial charge in [0.2, 0.25) is 0 Å². The largest absolute Gasteiger partial charge is 0.456 e. The van der Waals surface area contributed by atoms with Crippen molar-refractivity contribution in [2.24, 2.45) is 0 Å². The van der Waals surface area contributed by atoms with Gasteiger partial charge in [0.05, 0.1) is 11.0 Å². The lowest BCUT2D eigenvalue weighted by atomic mass is 10.0. The lowest BCUT2D eigenvalue weighted by Crippen LogP contribution is -2.02. The van der Waals surface area contributed by atoms with Crippen LogP contribution in [0.5, 0.6) is 0 Å². The number of fused-ring (bicyclic) bond motifs is 9. The Hall–Kier alpha value is -6.63. The highest BCUT2D eigenvalue weighted by atomic mass is 32.1. The van der Waals surface area contributed by atoms with E-state index in [9.17, 15) is 0 Å². The van der Waals surface area contributed by atoms with E-state index >= 15 is 0 Å². The molecule has 0 N–H and O–H groups in total. The topological polar surface area (TPSA) is 56.7 Å². The number of hydrogen-bond donors (Lipinski definition) is 0. The van der Waals surface area contributed by atoms with E-state index in [0.717, 1.165) is 60.7 Å². The van der Waals surface area contributed by atoms with Crippen LogP contribution >= 0.6 is 11.3 Å². The Balaban J connectivity index is 1.24. The molecule has 11 rings (SSSR count). The molecule has 0 aliphatic heterocycles. The van der Waals surface area contributed by atoms with Crippen LogP contribution in [0.15, 0.2) is 162 Å². The minimum absolute atomic E-state index is 0.599. The molecule has 0 amide bonds. The van der Waals surface area contributed by atoms with E-state index in [4.69, 9.17) is 19.4 Å². The molecule has 0 saturated heterocycles. The third-order valence-corrected chi connectivity index (χ3v) is 11.0. The van der Waals surface area contributed by atoms with E-state index in [2.05, 4.69) is 132 Å². The van der Waals surface area contributed by atoms with Crippen LogP contribution in [-0.2, 0) is 0 Å². The van der Waals surface area contributed by atoms with Crippen molar-refractivity contribution in [3.8, 4) is 39.9 Å². The second-order valence-electron chi connectivity index (χ2n) is 12.8. The molecule has 11 aromatic rings. The van der Waals surface area contributed by atoms with E-state index < -0.39 is 0 Å². The van der Waals surface area contributed by atoms with Crippen LogP contribution in [0, 0.1) is 0 Å². The Morgan fingerprint density at radius 3 is 2.00 bits per heavy atom. The fourth-order valence-corrected chi connectivity index (χ4v) is 8.70. The number of rotatable bonds is 4. The average Bonchev–Trinajstić information content (AvgIpc) is 3.87. The summed E-state index contributed by atoms with van der Waals surface area (Å²) in [5.41, 5.74) is 7.68. The number of nitrogens with zero attached hydrogens (tertiary/aromatic N) is 4. The summed E-state index contributed by atoms with van der Waals surface area (Å²) in [5, 5.41) is 6.78. The highest BCUT2D eigenvalue weighted by Gasteiger charge is 2.22. The Morgan fingerprint density at radius 2 is 1.10 bits per heavy atom. The molecule has 4 heterocycles.